The molecule has 7 heteroatoms. The lowest BCUT2D eigenvalue weighted by atomic mass is 9.87. The van der Waals surface area contributed by atoms with Gasteiger partial charge in [-0.25, -0.2) is 0 Å². The second-order valence-corrected chi connectivity index (χ2v) is 20.3. The zero-order valence-corrected chi connectivity index (χ0v) is 25.9. The highest BCUT2D eigenvalue weighted by Crippen LogP contribution is 2.53. The summed E-state index contributed by atoms with van der Waals surface area (Å²) in [5.41, 5.74) is 2.53. The van der Waals surface area contributed by atoms with Crippen molar-refractivity contribution in [3.05, 3.63) is 29.3 Å². The van der Waals surface area contributed by atoms with Crippen LogP contribution >= 0.6 is 0 Å². The highest BCUT2D eigenvalue weighted by molar-refractivity contribution is 6.74. The third-order valence-corrected chi connectivity index (χ3v) is 18.8. The molecule has 0 bridgehead atoms. The molecule has 0 N–H and O–H groups in total. The second kappa shape index (κ2) is 13.1. The van der Waals surface area contributed by atoms with Crippen molar-refractivity contribution in [1.82, 2.24) is 0 Å². The van der Waals surface area contributed by atoms with Gasteiger partial charge in [-0.2, -0.15) is 0 Å². The van der Waals surface area contributed by atoms with Gasteiger partial charge in [-0.3, -0.25) is 4.79 Å². The van der Waals surface area contributed by atoms with Crippen molar-refractivity contribution in [3.63, 3.8) is 0 Å². The molecule has 0 unspecified atom stereocenters. The molecule has 1 saturated carbocycles. The highest BCUT2D eigenvalue weighted by atomic mass is 28.4. The topological polar surface area (TPSA) is 54.0 Å². The van der Waals surface area contributed by atoms with Crippen molar-refractivity contribution in [2.45, 2.75) is 122 Å². The molecule has 0 spiro atoms. The van der Waals surface area contributed by atoms with Crippen LogP contribution in [0.3, 0.4) is 0 Å². The molecule has 0 radical (unpaired) electrons. The summed E-state index contributed by atoms with van der Waals surface area (Å²) in [6.45, 7) is 14.7. The van der Waals surface area contributed by atoms with Gasteiger partial charge < -0.3 is 18.3 Å². The first-order valence-electron chi connectivity index (χ1n) is 14.5. The Morgan fingerprint density at radius 1 is 0.972 bits per heavy atom. The molecule has 1 aliphatic carbocycles. The number of hydrogen-bond acceptors (Lipinski definition) is 5. The Morgan fingerprint density at radius 3 is 2.19 bits per heavy atom. The Bertz CT molecular complexity index is 836. The SMILES string of the molecule is CC[Si](CC)(CC)OC[C@@H]1[C@H]2c3cccc(CCCC(=O)OC)c3O[C@H]2C[C@H]1O[Si](CC)(CC)CC. The number of carbonyl (C=O) groups is 1. The first-order valence-corrected chi connectivity index (χ1v) is 19.6. The molecule has 0 aromatic heterocycles. The second-order valence-electron chi connectivity index (χ2n) is 10.8. The maximum absolute atomic E-state index is 11.6. The van der Waals surface area contributed by atoms with Crippen LogP contribution in [0.15, 0.2) is 18.2 Å². The number of rotatable bonds is 15. The van der Waals surface area contributed by atoms with Crippen LogP contribution in [0.4, 0.5) is 0 Å². The number of ether oxygens (including phenoxy) is 2. The van der Waals surface area contributed by atoms with E-state index in [2.05, 4.69) is 59.7 Å². The first-order chi connectivity index (χ1) is 17.3. The molecule has 204 valence electrons. The number of esters is 1. The number of benzene rings is 1. The monoisotopic (exact) mass is 534 g/mol. The molecule has 1 fully saturated rings. The van der Waals surface area contributed by atoms with Crippen molar-refractivity contribution in [1.29, 1.82) is 0 Å². The molecule has 1 aliphatic heterocycles. The van der Waals surface area contributed by atoms with E-state index in [9.17, 15) is 4.79 Å². The van der Waals surface area contributed by atoms with Gasteiger partial charge in [-0.1, -0.05) is 59.7 Å². The minimum atomic E-state index is -1.75. The summed E-state index contributed by atoms with van der Waals surface area (Å²) in [5, 5.41) is 0. The van der Waals surface area contributed by atoms with Crippen LogP contribution in [0, 0.1) is 5.92 Å². The van der Waals surface area contributed by atoms with Gasteiger partial charge in [-0.05, 0) is 54.7 Å². The molecule has 4 atom stereocenters. The fourth-order valence-corrected chi connectivity index (χ4v) is 12.1. The number of carbonyl (C=O) groups excluding carboxylic acids is 1. The summed E-state index contributed by atoms with van der Waals surface area (Å²) in [4.78, 5) is 11.6. The zero-order chi connectivity index (χ0) is 26.3. The highest BCUT2D eigenvalue weighted by Gasteiger charge is 2.53. The molecular weight excluding hydrogens is 484 g/mol. The van der Waals surface area contributed by atoms with E-state index in [1.54, 1.807) is 0 Å². The molecule has 36 heavy (non-hydrogen) atoms. The number of aryl methyl sites for hydroxylation is 1. The van der Waals surface area contributed by atoms with E-state index in [4.69, 9.17) is 18.3 Å². The normalized spacial score (nSPS) is 23.3. The fourth-order valence-electron chi connectivity index (χ4n) is 6.49. The quantitative estimate of drug-likeness (QED) is 0.173. The zero-order valence-electron chi connectivity index (χ0n) is 23.9. The molecule has 0 amide bonds. The molecule has 1 heterocycles. The van der Waals surface area contributed by atoms with Crippen LogP contribution in [-0.2, 0) is 24.8 Å². The van der Waals surface area contributed by atoms with Gasteiger partial charge in [0, 0.05) is 36.8 Å². The van der Waals surface area contributed by atoms with E-state index in [0.29, 0.717) is 18.3 Å². The predicted molar refractivity (Wildman–Crippen MR) is 152 cm³/mol. The van der Waals surface area contributed by atoms with Crippen molar-refractivity contribution in [3.8, 4) is 5.75 Å². The summed E-state index contributed by atoms with van der Waals surface area (Å²) >= 11 is 0. The van der Waals surface area contributed by atoms with Crippen molar-refractivity contribution in [2.75, 3.05) is 13.7 Å². The van der Waals surface area contributed by atoms with Crippen LogP contribution < -0.4 is 4.74 Å². The molecule has 3 rings (SSSR count). The van der Waals surface area contributed by atoms with E-state index in [-0.39, 0.29) is 18.2 Å². The molecule has 2 aliphatic rings. The lowest BCUT2D eigenvalue weighted by Gasteiger charge is -2.37. The predicted octanol–water partition coefficient (Wildman–Crippen LogP) is 7.46. The summed E-state index contributed by atoms with van der Waals surface area (Å²) in [6, 6.07) is 13.6. The van der Waals surface area contributed by atoms with E-state index >= 15 is 0 Å². The van der Waals surface area contributed by atoms with E-state index in [1.807, 2.05) is 0 Å². The van der Waals surface area contributed by atoms with Gasteiger partial charge >= 0.3 is 5.97 Å². The number of fused-ring (bicyclic) bond motifs is 3. The smallest absolute Gasteiger partial charge is 0.305 e. The maximum Gasteiger partial charge on any atom is 0.305 e. The third kappa shape index (κ3) is 6.11. The van der Waals surface area contributed by atoms with Crippen LogP contribution in [0.2, 0.25) is 36.3 Å². The van der Waals surface area contributed by atoms with E-state index in [0.717, 1.165) is 31.6 Å². The Balaban J connectivity index is 1.88. The number of hydrogen-bond donors (Lipinski definition) is 0. The van der Waals surface area contributed by atoms with Crippen LogP contribution in [0.25, 0.3) is 0 Å². The van der Waals surface area contributed by atoms with Gasteiger partial charge in [0.25, 0.3) is 0 Å². The van der Waals surface area contributed by atoms with E-state index in [1.165, 1.54) is 54.5 Å². The van der Waals surface area contributed by atoms with Gasteiger partial charge in [-0.15, -0.1) is 0 Å². The standard InChI is InChI=1S/C29H50O5Si2/c1-8-35(9-2,10-3)32-21-24-25(34-36(11-4,12-5)13-6)20-26-28(24)23-18-14-16-22(29(23)33-26)17-15-19-27(30)31-7/h14,16,18,24-26,28H,8-13,15,17,19-21H2,1-7H3/t24-,25+,26-,28+/m0/s1. The minimum Gasteiger partial charge on any atom is -0.489 e. The molecule has 0 saturated heterocycles. The summed E-state index contributed by atoms with van der Waals surface area (Å²) in [7, 11) is -2.00. The average Bonchev–Trinajstić information content (AvgIpc) is 3.44. The number of methoxy groups -OCH3 is 1. The summed E-state index contributed by atoms with van der Waals surface area (Å²) in [5.74, 6) is 1.55. The van der Waals surface area contributed by atoms with Gasteiger partial charge in [0.2, 0.25) is 0 Å². The fraction of sp³-hybridized carbons (Fsp3) is 0.759. The molecule has 5 nitrogen and oxygen atoms in total. The Labute approximate surface area is 221 Å². The molecule has 1 aromatic rings. The minimum absolute atomic E-state index is 0.150. The molecule has 1 aromatic carbocycles. The summed E-state index contributed by atoms with van der Waals surface area (Å²) < 4.78 is 25.6. The van der Waals surface area contributed by atoms with Crippen molar-refractivity contribution < 1.29 is 23.1 Å². The Kier molecular flexibility index (Phi) is 10.7. The van der Waals surface area contributed by atoms with Gasteiger partial charge in [0.05, 0.1) is 13.2 Å². The molecular formula is C29H50O5Si2. The van der Waals surface area contributed by atoms with Crippen molar-refractivity contribution in [2.24, 2.45) is 5.92 Å². The lowest BCUT2D eigenvalue weighted by molar-refractivity contribution is -0.140. The average molecular weight is 535 g/mol. The van der Waals surface area contributed by atoms with Crippen LogP contribution in [-0.4, -0.2) is 48.5 Å². The number of para-hydroxylation sites is 1. The van der Waals surface area contributed by atoms with Crippen molar-refractivity contribution >= 4 is 22.6 Å². The van der Waals surface area contributed by atoms with Gasteiger partial charge in [0.15, 0.2) is 16.6 Å². The Morgan fingerprint density at radius 2 is 1.61 bits per heavy atom. The maximum atomic E-state index is 11.6. The van der Waals surface area contributed by atoms with Crippen LogP contribution in [0.1, 0.15) is 77.8 Å². The first kappa shape index (κ1) is 29.4. The lowest BCUT2D eigenvalue weighted by Crippen LogP contribution is -2.44. The van der Waals surface area contributed by atoms with E-state index < -0.39 is 16.6 Å². The summed E-state index contributed by atoms with van der Waals surface area (Å²) in [6.07, 6.45) is 3.35. The van der Waals surface area contributed by atoms with Crippen LogP contribution in [0.5, 0.6) is 5.75 Å². The largest absolute Gasteiger partial charge is 0.489 e. The van der Waals surface area contributed by atoms with Gasteiger partial charge in [0.1, 0.15) is 11.9 Å². The Hall–Kier alpha value is -1.16. The third-order valence-electron chi connectivity index (χ3n) is 9.46.